The second-order valence-electron chi connectivity index (χ2n) is 5.60. The van der Waals surface area contributed by atoms with E-state index in [9.17, 15) is 18.0 Å². The molecule has 0 N–H and O–H groups in total. The molecule has 8 heteroatoms. The number of sulfonamides is 1. The first-order chi connectivity index (χ1) is 11.4. The van der Waals surface area contributed by atoms with Gasteiger partial charge >= 0.3 is 11.6 Å². The van der Waals surface area contributed by atoms with Gasteiger partial charge in [0.1, 0.15) is 11.6 Å². The molecule has 1 atom stereocenters. The largest absolute Gasteiger partial charge is 0.468 e. The molecule has 1 aliphatic rings. The van der Waals surface area contributed by atoms with E-state index in [0.717, 1.165) is 6.42 Å². The van der Waals surface area contributed by atoms with Gasteiger partial charge in [0.05, 0.1) is 12.0 Å². The third kappa shape index (κ3) is 2.94. The summed E-state index contributed by atoms with van der Waals surface area (Å²) in [5.41, 5.74) is -0.190. The van der Waals surface area contributed by atoms with Crippen LogP contribution in [0.25, 0.3) is 11.0 Å². The van der Waals surface area contributed by atoms with E-state index in [2.05, 4.69) is 0 Å². The van der Waals surface area contributed by atoms with Gasteiger partial charge in [-0.1, -0.05) is 0 Å². The first-order valence-electron chi connectivity index (χ1n) is 7.57. The molecule has 1 aromatic heterocycles. The van der Waals surface area contributed by atoms with Crippen LogP contribution in [0.1, 0.15) is 19.3 Å². The predicted molar refractivity (Wildman–Crippen MR) is 86.0 cm³/mol. The average Bonchev–Trinajstić information content (AvgIpc) is 2.60. The summed E-state index contributed by atoms with van der Waals surface area (Å²) >= 11 is 0. The molecule has 2 aromatic rings. The third-order valence-electron chi connectivity index (χ3n) is 4.12. The van der Waals surface area contributed by atoms with Crippen LogP contribution >= 0.6 is 0 Å². The van der Waals surface area contributed by atoms with Crippen molar-refractivity contribution in [2.45, 2.75) is 30.2 Å². The van der Waals surface area contributed by atoms with E-state index in [-0.39, 0.29) is 11.4 Å². The van der Waals surface area contributed by atoms with Crippen molar-refractivity contribution in [3.05, 3.63) is 40.8 Å². The zero-order valence-corrected chi connectivity index (χ0v) is 13.9. The molecule has 1 saturated heterocycles. The number of carbonyl (C=O) groups excluding carboxylic acids is 1. The Balaban J connectivity index is 2.04. The Labute approximate surface area is 138 Å². The van der Waals surface area contributed by atoms with Gasteiger partial charge in [-0.15, -0.1) is 0 Å². The summed E-state index contributed by atoms with van der Waals surface area (Å²) in [4.78, 5) is 23.2. The Kier molecular flexibility index (Phi) is 4.42. The number of nitrogens with zero attached hydrogens (tertiary/aromatic N) is 1. The minimum Gasteiger partial charge on any atom is -0.468 e. The number of carbonyl (C=O) groups is 1. The summed E-state index contributed by atoms with van der Waals surface area (Å²) in [5, 5.41) is 0.502. The maximum absolute atomic E-state index is 13.0. The number of hydrogen-bond acceptors (Lipinski definition) is 6. The van der Waals surface area contributed by atoms with Crippen LogP contribution in [0.3, 0.4) is 0 Å². The van der Waals surface area contributed by atoms with E-state index in [1.807, 2.05) is 0 Å². The van der Waals surface area contributed by atoms with Gasteiger partial charge in [-0.25, -0.2) is 13.2 Å². The van der Waals surface area contributed by atoms with Gasteiger partial charge in [-0.05, 0) is 43.5 Å². The van der Waals surface area contributed by atoms with E-state index >= 15 is 0 Å². The summed E-state index contributed by atoms with van der Waals surface area (Å²) in [6.07, 6.45) is 1.90. The maximum Gasteiger partial charge on any atom is 0.336 e. The van der Waals surface area contributed by atoms with Crippen LogP contribution in [0.4, 0.5) is 0 Å². The van der Waals surface area contributed by atoms with E-state index in [0.29, 0.717) is 23.8 Å². The van der Waals surface area contributed by atoms with Crippen molar-refractivity contribution in [3.63, 3.8) is 0 Å². The zero-order valence-electron chi connectivity index (χ0n) is 13.1. The van der Waals surface area contributed by atoms with Gasteiger partial charge < -0.3 is 9.15 Å². The van der Waals surface area contributed by atoms with E-state index in [1.165, 1.54) is 41.7 Å². The molecule has 1 fully saturated rings. The Morgan fingerprint density at radius 2 is 2.04 bits per heavy atom. The lowest BCUT2D eigenvalue weighted by atomic mass is 10.1. The SMILES string of the molecule is COC(=O)C1CCCCN1S(=O)(=O)c1ccc2oc(=O)ccc2c1. The van der Waals surface area contributed by atoms with Crippen molar-refractivity contribution >= 4 is 27.0 Å². The van der Waals surface area contributed by atoms with Crippen molar-refractivity contribution in [2.75, 3.05) is 13.7 Å². The molecular formula is C16H17NO6S. The van der Waals surface area contributed by atoms with Gasteiger partial charge in [-0.2, -0.15) is 4.31 Å². The van der Waals surface area contributed by atoms with E-state index < -0.39 is 27.7 Å². The Morgan fingerprint density at radius 1 is 1.25 bits per heavy atom. The van der Waals surface area contributed by atoms with Crippen LogP contribution in [0.2, 0.25) is 0 Å². The van der Waals surface area contributed by atoms with Gasteiger partial charge in [-0.3, -0.25) is 4.79 Å². The van der Waals surface area contributed by atoms with Crippen molar-refractivity contribution in [1.82, 2.24) is 4.31 Å². The van der Waals surface area contributed by atoms with Crippen LogP contribution in [0.5, 0.6) is 0 Å². The Morgan fingerprint density at radius 3 is 2.79 bits per heavy atom. The third-order valence-corrected chi connectivity index (χ3v) is 6.03. The summed E-state index contributed by atoms with van der Waals surface area (Å²) in [7, 11) is -2.61. The predicted octanol–water partition coefficient (Wildman–Crippen LogP) is 1.51. The molecule has 0 radical (unpaired) electrons. The lowest BCUT2D eigenvalue weighted by Gasteiger charge is -2.32. The first-order valence-corrected chi connectivity index (χ1v) is 9.01. The van der Waals surface area contributed by atoms with E-state index in [1.54, 1.807) is 0 Å². The van der Waals surface area contributed by atoms with Crippen LogP contribution < -0.4 is 5.63 Å². The molecule has 1 unspecified atom stereocenters. The normalized spacial score (nSPS) is 19.3. The summed E-state index contributed by atoms with van der Waals surface area (Å²) in [5.74, 6) is -0.551. The van der Waals surface area contributed by atoms with Gasteiger partial charge in [0, 0.05) is 18.0 Å². The number of ether oxygens (including phenoxy) is 1. The van der Waals surface area contributed by atoms with Crippen LogP contribution in [-0.2, 0) is 19.6 Å². The fourth-order valence-electron chi connectivity index (χ4n) is 2.91. The minimum atomic E-state index is -3.86. The second-order valence-corrected chi connectivity index (χ2v) is 7.50. The number of esters is 1. The van der Waals surface area contributed by atoms with Crippen molar-refractivity contribution in [1.29, 1.82) is 0 Å². The fourth-order valence-corrected chi connectivity index (χ4v) is 4.59. The summed E-state index contributed by atoms with van der Waals surface area (Å²) in [6.45, 7) is 0.268. The lowest BCUT2D eigenvalue weighted by Crippen LogP contribution is -2.48. The Hall–Kier alpha value is -2.19. The monoisotopic (exact) mass is 351 g/mol. The lowest BCUT2D eigenvalue weighted by molar-refractivity contribution is -0.146. The molecule has 2 heterocycles. The standard InChI is InChI=1S/C16H17NO6S/c1-22-16(19)13-4-2-3-9-17(13)24(20,21)12-6-7-14-11(10-12)5-8-15(18)23-14/h5-8,10,13H,2-4,9H2,1H3. The smallest absolute Gasteiger partial charge is 0.336 e. The molecule has 0 aliphatic carbocycles. The quantitative estimate of drug-likeness (QED) is 0.615. The molecule has 1 aliphatic heterocycles. The maximum atomic E-state index is 13.0. The second kappa shape index (κ2) is 6.37. The molecule has 1 aromatic carbocycles. The molecule has 0 spiro atoms. The molecular weight excluding hydrogens is 334 g/mol. The summed E-state index contributed by atoms with van der Waals surface area (Å²) < 4.78 is 36.9. The highest BCUT2D eigenvalue weighted by molar-refractivity contribution is 7.89. The van der Waals surface area contributed by atoms with Gasteiger partial charge in [0.15, 0.2) is 0 Å². The number of rotatable bonds is 3. The fraction of sp³-hybridized carbons (Fsp3) is 0.375. The molecule has 3 rings (SSSR count). The number of benzene rings is 1. The molecule has 0 bridgehead atoms. The highest BCUT2D eigenvalue weighted by Gasteiger charge is 2.38. The van der Waals surface area contributed by atoms with Crippen molar-refractivity contribution < 1.29 is 22.4 Å². The highest BCUT2D eigenvalue weighted by atomic mass is 32.2. The summed E-state index contributed by atoms with van der Waals surface area (Å²) in [6, 6.07) is 6.20. The van der Waals surface area contributed by atoms with Gasteiger partial charge in [0.2, 0.25) is 10.0 Å². The number of methoxy groups -OCH3 is 1. The minimum absolute atomic E-state index is 0.0552. The molecule has 0 amide bonds. The Bertz CT molecular complexity index is 933. The van der Waals surface area contributed by atoms with Gasteiger partial charge in [0.25, 0.3) is 0 Å². The van der Waals surface area contributed by atoms with Crippen molar-refractivity contribution in [3.8, 4) is 0 Å². The zero-order chi connectivity index (χ0) is 17.3. The van der Waals surface area contributed by atoms with Crippen LogP contribution in [0.15, 0.2) is 44.4 Å². The number of fused-ring (bicyclic) bond motifs is 1. The highest BCUT2D eigenvalue weighted by Crippen LogP contribution is 2.27. The van der Waals surface area contributed by atoms with Crippen LogP contribution in [0, 0.1) is 0 Å². The van der Waals surface area contributed by atoms with Crippen molar-refractivity contribution in [2.24, 2.45) is 0 Å². The molecule has 128 valence electrons. The molecule has 24 heavy (non-hydrogen) atoms. The molecule has 0 saturated carbocycles. The topological polar surface area (TPSA) is 93.9 Å². The number of hydrogen-bond donors (Lipinski definition) is 0. The number of piperidine rings is 1. The average molecular weight is 351 g/mol. The molecule has 7 nitrogen and oxygen atoms in total. The first kappa shape index (κ1) is 16.7. The van der Waals surface area contributed by atoms with E-state index in [4.69, 9.17) is 9.15 Å². The van der Waals surface area contributed by atoms with Crippen LogP contribution in [-0.4, -0.2) is 38.4 Å².